The summed E-state index contributed by atoms with van der Waals surface area (Å²) in [5, 5.41) is 2.64. The molecule has 1 aliphatic carbocycles. The lowest BCUT2D eigenvalue weighted by Gasteiger charge is -2.04. The van der Waals surface area contributed by atoms with Crippen LogP contribution in [0.5, 0.6) is 0 Å². The molecule has 0 saturated heterocycles. The highest BCUT2D eigenvalue weighted by Crippen LogP contribution is 2.32. The Balaban J connectivity index is 0.000000921. The predicted molar refractivity (Wildman–Crippen MR) is 132 cm³/mol. The molecule has 0 spiro atoms. The molecule has 0 aromatic heterocycles. The van der Waals surface area contributed by atoms with Gasteiger partial charge in [-0.15, -0.1) is 0 Å². The quantitative estimate of drug-likeness (QED) is 0.434. The summed E-state index contributed by atoms with van der Waals surface area (Å²) in [5.41, 5.74) is 7.68. The summed E-state index contributed by atoms with van der Waals surface area (Å²) in [5.74, 6) is 0. The lowest BCUT2D eigenvalue weighted by Crippen LogP contribution is -2.28. The monoisotopic (exact) mass is 436 g/mol. The lowest BCUT2D eigenvalue weighted by atomic mass is 10.0. The fourth-order valence-electron chi connectivity index (χ4n) is 3.39. The Morgan fingerprint density at radius 2 is 1.43 bits per heavy atom. The maximum atomic E-state index is 4.23. The van der Waals surface area contributed by atoms with Crippen molar-refractivity contribution in [1.82, 2.24) is 0 Å². The number of hydrogen-bond donors (Lipinski definition) is 0. The largest absolute Gasteiger partial charge is 0.0915 e. The fourth-order valence-corrected chi connectivity index (χ4v) is 3.52. The smallest absolute Gasteiger partial charge is 0.0103 e. The number of hydrogen-bond acceptors (Lipinski definition) is 0. The number of allylic oxidation sites excluding steroid dienone is 4. The van der Waals surface area contributed by atoms with Crippen LogP contribution in [-0.2, 0) is 0 Å². The van der Waals surface area contributed by atoms with E-state index in [9.17, 15) is 0 Å². The van der Waals surface area contributed by atoms with Gasteiger partial charge in [-0.05, 0) is 63.3 Å². The molecule has 3 rings (SSSR count). The molecule has 0 fully saturated rings. The number of halogens is 1. The lowest BCUT2D eigenvalue weighted by molar-refractivity contribution is 1.23. The Hall–Kier alpha value is -2.12. The molecule has 1 heteroatoms. The average molecular weight is 437 g/mol. The van der Waals surface area contributed by atoms with Crippen molar-refractivity contribution in [3.05, 3.63) is 93.8 Å². The third kappa shape index (κ3) is 5.02. The molecule has 0 atom stereocenters. The first-order valence-electron chi connectivity index (χ1n) is 10.2. The van der Waals surface area contributed by atoms with Crippen LogP contribution in [0.15, 0.2) is 77.8 Å². The van der Waals surface area contributed by atoms with Gasteiger partial charge in [0.25, 0.3) is 0 Å². The molecule has 0 bridgehead atoms. The molecule has 0 aliphatic heterocycles. The molecular weight excluding hydrogens is 404 g/mol. The van der Waals surface area contributed by atoms with E-state index in [0.717, 1.165) is 16.5 Å². The Bertz CT molecular complexity index is 987. The molecule has 148 valence electrons. The summed E-state index contributed by atoms with van der Waals surface area (Å²) in [6, 6.07) is 15.3. The van der Waals surface area contributed by atoms with Crippen LogP contribution in [0.25, 0.3) is 22.3 Å². The van der Waals surface area contributed by atoms with E-state index in [1.54, 1.807) is 0 Å². The van der Waals surface area contributed by atoms with Gasteiger partial charge in [0.1, 0.15) is 0 Å². The molecule has 1 aliphatic rings. The molecule has 0 unspecified atom stereocenters. The topological polar surface area (TPSA) is 0 Å². The van der Waals surface area contributed by atoms with Crippen molar-refractivity contribution in [3.63, 3.8) is 0 Å². The van der Waals surface area contributed by atoms with Gasteiger partial charge in [0.15, 0.2) is 0 Å². The summed E-state index contributed by atoms with van der Waals surface area (Å²) in [6.45, 7) is 20.5. The van der Waals surface area contributed by atoms with E-state index in [2.05, 4.69) is 85.4 Å². The van der Waals surface area contributed by atoms with E-state index in [1.165, 1.54) is 38.3 Å². The third-order valence-corrected chi connectivity index (χ3v) is 4.88. The van der Waals surface area contributed by atoms with Gasteiger partial charge < -0.3 is 0 Å². The molecular formula is C27H33Br. The number of rotatable bonds is 4. The van der Waals surface area contributed by atoms with Gasteiger partial charge in [-0.3, -0.25) is 0 Å². The summed E-state index contributed by atoms with van der Waals surface area (Å²) in [6.07, 6.45) is 4.97. The van der Waals surface area contributed by atoms with Crippen LogP contribution in [0.4, 0.5) is 0 Å². The fraction of sp³-hybridized carbons (Fsp3) is 0.259. The Labute approximate surface area is 179 Å². The highest BCUT2D eigenvalue weighted by atomic mass is 79.9. The summed E-state index contributed by atoms with van der Waals surface area (Å²) in [7, 11) is 0. The molecule has 28 heavy (non-hydrogen) atoms. The SMILES string of the molecule is C=C(Br)/C=C\C(=C)/C(C)=c1\cccc2c1=C(CC)c1ccccc1-2.CC.CC. The van der Waals surface area contributed by atoms with Gasteiger partial charge in [0.2, 0.25) is 0 Å². The zero-order valence-corrected chi connectivity index (χ0v) is 19.8. The van der Waals surface area contributed by atoms with Gasteiger partial charge in [0, 0.05) is 4.48 Å². The van der Waals surface area contributed by atoms with Gasteiger partial charge in [-0.2, -0.15) is 0 Å². The van der Waals surface area contributed by atoms with Gasteiger partial charge in [0.05, 0.1) is 0 Å². The van der Waals surface area contributed by atoms with Crippen molar-refractivity contribution in [3.8, 4) is 11.1 Å². The Kier molecular flexibility index (Phi) is 9.96. The van der Waals surface area contributed by atoms with Crippen molar-refractivity contribution >= 4 is 27.1 Å². The maximum absolute atomic E-state index is 4.23. The minimum Gasteiger partial charge on any atom is -0.0915 e. The van der Waals surface area contributed by atoms with E-state index < -0.39 is 0 Å². The number of fused-ring (bicyclic) bond motifs is 3. The molecule has 0 nitrogen and oxygen atoms in total. The average Bonchev–Trinajstić information content (AvgIpc) is 3.08. The van der Waals surface area contributed by atoms with E-state index in [-0.39, 0.29) is 0 Å². The third-order valence-electron chi connectivity index (χ3n) is 4.61. The first-order chi connectivity index (χ1) is 13.5. The first kappa shape index (κ1) is 23.9. The van der Waals surface area contributed by atoms with Crippen LogP contribution in [0.3, 0.4) is 0 Å². The predicted octanol–water partition coefficient (Wildman–Crippen LogP) is 7.52. The Morgan fingerprint density at radius 1 is 0.857 bits per heavy atom. The highest BCUT2D eigenvalue weighted by Gasteiger charge is 2.18. The van der Waals surface area contributed by atoms with Crippen molar-refractivity contribution < 1.29 is 0 Å². The van der Waals surface area contributed by atoms with E-state index in [0.29, 0.717) is 0 Å². The zero-order valence-electron chi connectivity index (χ0n) is 18.2. The van der Waals surface area contributed by atoms with Crippen LogP contribution in [0.1, 0.15) is 53.5 Å². The Morgan fingerprint density at radius 3 is 2.00 bits per heavy atom. The van der Waals surface area contributed by atoms with Crippen LogP contribution in [0.2, 0.25) is 0 Å². The van der Waals surface area contributed by atoms with Gasteiger partial charge >= 0.3 is 0 Å². The molecule has 0 radical (unpaired) electrons. The molecule has 0 N–H and O–H groups in total. The first-order valence-corrected chi connectivity index (χ1v) is 11.0. The van der Waals surface area contributed by atoms with Crippen LogP contribution in [-0.4, -0.2) is 0 Å². The molecule has 2 aromatic carbocycles. The van der Waals surface area contributed by atoms with Crippen LogP contribution < -0.4 is 10.4 Å². The van der Waals surface area contributed by atoms with Crippen molar-refractivity contribution in [2.24, 2.45) is 0 Å². The maximum Gasteiger partial charge on any atom is 0.0103 e. The normalized spacial score (nSPS) is 12.2. The van der Waals surface area contributed by atoms with E-state index in [1.807, 2.05) is 39.8 Å². The molecule has 0 amide bonds. The van der Waals surface area contributed by atoms with Crippen molar-refractivity contribution in [2.75, 3.05) is 0 Å². The van der Waals surface area contributed by atoms with Gasteiger partial charge in [-0.25, -0.2) is 0 Å². The zero-order chi connectivity index (χ0) is 21.3. The second-order valence-corrected chi connectivity index (χ2v) is 7.05. The standard InChI is InChI=1S/C23H21Br.2C2H6/c1-5-18-20-9-6-7-10-21(20)22-12-8-11-19(23(18)22)17(4)15(2)13-14-16(3)24;2*1-2/h6-14H,2-3,5H2,1,4H3;2*1-2H3/b14-13-,19-17+;;. The second kappa shape index (κ2) is 11.7. The van der Waals surface area contributed by atoms with E-state index >= 15 is 0 Å². The minimum absolute atomic E-state index is 0.850. The summed E-state index contributed by atoms with van der Waals surface area (Å²) >= 11 is 3.36. The van der Waals surface area contributed by atoms with Gasteiger partial charge in [-0.1, -0.05) is 112 Å². The number of benzene rings is 2. The van der Waals surface area contributed by atoms with Crippen molar-refractivity contribution in [1.29, 1.82) is 0 Å². The second-order valence-electron chi connectivity index (χ2n) is 6.04. The minimum atomic E-state index is 0.850. The molecule has 2 aromatic rings. The molecule has 0 heterocycles. The molecule has 0 saturated carbocycles. The summed E-state index contributed by atoms with van der Waals surface area (Å²) < 4.78 is 0.850. The highest BCUT2D eigenvalue weighted by molar-refractivity contribution is 9.11. The van der Waals surface area contributed by atoms with Crippen LogP contribution >= 0.6 is 15.9 Å². The van der Waals surface area contributed by atoms with Crippen LogP contribution in [0, 0.1) is 0 Å². The summed E-state index contributed by atoms with van der Waals surface area (Å²) in [4.78, 5) is 0. The van der Waals surface area contributed by atoms with Crippen molar-refractivity contribution in [2.45, 2.75) is 48.0 Å². The van der Waals surface area contributed by atoms with E-state index in [4.69, 9.17) is 0 Å².